The van der Waals surface area contributed by atoms with Crippen molar-refractivity contribution in [3.63, 3.8) is 0 Å². The molecular weight excluding hydrogens is 230 g/mol. The fourth-order valence-electron chi connectivity index (χ4n) is 1.22. The van der Waals surface area contributed by atoms with Crippen LogP contribution in [0.15, 0.2) is 24.3 Å². The largest absolute Gasteiger partial charge is 0.444 e. The lowest BCUT2D eigenvalue weighted by Crippen LogP contribution is -2.32. The quantitative estimate of drug-likeness (QED) is 0.840. The van der Waals surface area contributed by atoms with Crippen molar-refractivity contribution >= 4 is 11.9 Å². The Balaban J connectivity index is 2.82. The van der Waals surface area contributed by atoms with E-state index in [4.69, 9.17) is 7.48 Å². The third kappa shape index (κ3) is 4.99. The summed E-state index contributed by atoms with van der Waals surface area (Å²) in [5.41, 5.74) is 0.0359. The molecule has 0 heterocycles. The summed E-state index contributed by atoms with van der Waals surface area (Å²) in [5.74, 6) is -0.0998. The monoisotopic (exact) mass is 251 g/mol. The molecule has 0 aliphatic carbocycles. The van der Waals surface area contributed by atoms with Crippen LogP contribution in [0.1, 0.15) is 46.4 Å². The predicted molar refractivity (Wildman–Crippen MR) is 69.5 cm³/mol. The Morgan fingerprint density at radius 2 is 1.83 bits per heavy atom. The van der Waals surface area contributed by atoms with Gasteiger partial charge < -0.3 is 10.1 Å². The van der Waals surface area contributed by atoms with Crippen molar-refractivity contribution in [3.05, 3.63) is 35.4 Å². The minimum atomic E-state index is -2.07. The Hall–Kier alpha value is -1.84. The number of carbonyl (C=O) groups is 2. The molecule has 0 saturated carbocycles. The predicted octanol–water partition coefficient (Wildman–Crippen LogP) is 2.91. The van der Waals surface area contributed by atoms with Gasteiger partial charge in [0.05, 0.1) is 2.74 Å². The van der Waals surface area contributed by atoms with Gasteiger partial charge in [-0.25, -0.2) is 4.79 Å². The van der Waals surface area contributed by atoms with Gasteiger partial charge in [0, 0.05) is 12.1 Å². The molecule has 4 nitrogen and oxygen atoms in total. The SMILES string of the molecule is [2H]C([2H])(NC(=O)OC(C)(C)C)c1ccc(C(C)=O)cc1. The molecule has 98 valence electrons. The molecule has 1 aromatic carbocycles. The highest BCUT2D eigenvalue weighted by molar-refractivity contribution is 5.94. The van der Waals surface area contributed by atoms with Crippen molar-refractivity contribution in [1.29, 1.82) is 0 Å². The molecule has 0 aliphatic rings. The normalized spacial score (nSPS) is 13.3. The van der Waals surface area contributed by atoms with Gasteiger partial charge in [-0.05, 0) is 33.3 Å². The van der Waals surface area contributed by atoms with Crippen molar-refractivity contribution in [2.24, 2.45) is 0 Å². The number of ketones is 1. The summed E-state index contributed by atoms with van der Waals surface area (Å²) in [5, 5.41) is 2.17. The number of carbonyl (C=O) groups excluding carboxylic acids is 2. The van der Waals surface area contributed by atoms with Crippen molar-refractivity contribution in [2.45, 2.75) is 39.8 Å². The Labute approximate surface area is 110 Å². The number of nitrogens with one attached hydrogen (secondary N) is 1. The second-order valence-electron chi connectivity index (χ2n) is 4.89. The van der Waals surface area contributed by atoms with E-state index in [1.54, 1.807) is 20.8 Å². The molecule has 1 aromatic rings. The van der Waals surface area contributed by atoms with E-state index in [1.165, 1.54) is 31.2 Å². The molecular formula is C14H19NO3. The Morgan fingerprint density at radius 1 is 1.28 bits per heavy atom. The van der Waals surface area contributed by atoms with E-state index in [9.17, 15) is 9.59 Å². The van der Waals surface area contributed by atoms with Crippen molar-refractivity contribution in [3.8, 4) is 0 Å². The zero-order valence-corrected chi connectivity index (χ0v) is 11.0. The van der Waals surface area contributed by atoms with Crippen LogP contribution < -0.4 is 5.32 Å². The first-order chi connectivity index (χ1) is 9.01. The van der Waals surface area contributed by atoms with Gasteiger partial charge >= 0.3 is 6.09 Å². The molecule has 0 unspecified atom stereocenters. The fraction of sp³-hybridized carbons (Fsp3) is 0.429. The van der Waals surface area contributed by atoms with Crippen molar-refractivity contribution < 1.29 is 17.1 Å². The summed E-state index contributed by atoms with van der Waals surface area (Å²) in [7, 11) is 0. The highest BCUT2D eigenvalue weighted by Crippen LogP contribution is 2.08. The van der Waals surface area contributed by atoms with Gasteiger partial charge in [-0.2, -0.15) is 0 Å². The molecule has 1 rings (SSSR count). The number of hydrogen-bond acceptors (Lipinski definition) is 3. The van der Waals surface area contributed by atoms with Crippen molar-refractivity contribution in [2.75, 3.05) is 0 Å². The third-order valence-corrected chi connectivity index (χ3v) is 2.00. The summed E-state index contributed by atoms with van der Waals surface area (Å²) < 4.78 is 20.7. The molecule has 1 amide bonds. The molecule has 0 spiro atoms. The molecule has 1 N–H and O–H groups in total. The summed E-state index contributed by atoms with van der Waals surface area (Å²) in [6, 6.07) is 5.97. The number of rotatable bonds is 3. The molecule has 0 atom stereocenters. The maximum Gasteiger partial charge on any atom is 0.407 e. The highest BCUT2D eigenvalue weighted by atomic mass is 16.6. The Kier molecular flexibility index (Phi) is 3.55. The smallest absolute Gasteiger partial charge is 0.407 e. The van der Waals surface area contributed by atoms with Gasteiger partial charge in [-0.1, -0.05) is 24.3 Å². The van der Waals surface area contributed by atoms with Crippen LogP contribution >= 0.6 is 0 Å². The van der Waals surface area contributed by atoms with Crippen LogP contribution in [0.5, 0.6) is 0 Å². The van der Waals surface area contributed by atoms with Crippen LogP contribution in [0.25, 0.3) is 0 Å². The van der Waals surface area contributed by atoms with Crippen molar-refractivity contribution in [1.82, 2.24) is 5.32 Å². The third-order valence-electron chi connectivity index (χ3n) is 2.00. The van der Waals surface area contributed by atoms with Gasteiger partial charge in [0.15, 0.2) is 5.78 Å². The van der Waals surface area contributed by atoms with E-state index in [-0.39, 0.29) is 11.3 Å². The lowest BCUT2D eigenvalue weighted by molar-refractivity contribution is 0.0523. The van der Waals surface area contributed by atoms with Gasteiger partial charge in [0.2, 0.25) is 0 Å². The van der Waals surface area contributed by atoms with E-state index in [1.807, 2.05) is 0 Å². The molecule has 0 radical (unpaired) electrons. The molecule has 18 heavy (non-hydrogen) atoms. The number of Topliss-reactive ketones (excluding diaryl/α,β-unsaturated/α-hetero) is 1. The lowest BCUT2D eigenvalue weighted by atomic mass is 10.1. The minimum Gasteiger partial charge on any atom is -0.444 e. The zero-order chi connectivity index (χ0) is 15.6. The summed E-state index contributed by atoms with van der Waals surface area (Å²) >= 11 is 0. The number of hydrogen-bond donors (Lipinski definition) is 1. The number of ether oxygens (including phenoxy) is 1. The van der Waals surface area contributed by atoms with Crippen LogP contribution in [0.4, 0.5) is 4.79 Å². The molecule has 0 fully saturated rings. The fourth-order valence-corrected chi connectivity index (χ4v) is 1.22. The van der Waals surface area contributed by atoms with Crippen LogP contribution in [-0.2, 0) is 11.2 Å². The molecule has 0 aliphatic heterocycles. The average Bonchev–Trinajstić information content (AvgIpc) is 2.25. The topological polar surface area (TPSA) is 55.4 Å². The van der Waals surface area contributed by atoms with Crippen LogP contribution in [0, 0.1) is 0 Å². The average molecular weight is 251 g/mol. The minimum absolute atomic E-state index is 0.0998. The Morgan fingerprint density at radius 3 is 2.28 bits per heavy atom. The number of benzene rings is 1. The summed E-state index contributed by atoms with van der Waals surface area (Å²) in [6.07, 6.45) is -0.835. The van der Waals surface area contributed by atoms with Gasteiger partial charge in [-0.3, -0.25) is 4.79 Å². The van der Waals surface area contributed by atoms with Gasteiger partial charge in [0.25, 0.3) is 0 Å². The first kappa shape index (κ1) is 11.3. The maximum absolute atomic E-state index is 11.6. The van der Waals surface area contributed by atoms with E-state index < -0.39 is 18.2 Å². The first-order valence-electron chi connectivity index (χ1n) is 6.64. The van der Waals surface area contributed by atoms with Crippen LogP contribution in [0.3, 0.4) is 0 Å². The molecule has 0 bridgehead atoms. The number of alkyl carbamates (subject to hydrolysis) is 1. The van der Waals surface area contributed by atoms with E-state index in [0.29, 0.717) is 5.56 Å². The number of amides is 1. The summed E-state index contributed by atoms with van der Waals surface area (Å²) in [6.45, 7) is 4.46. The Bertz CT molecular complexity index is 504. The first-order valence-corrected chi connectivity index (χ1v) is 5.64. The van der Waals surface area contributed by atoms with Gasteiger partial charge in [-0.15, -0.1) is 0 Å². The lowest BCUT2D eigenvalue weighted by Gasteiger charge is -2.19. The standard InChI is InChI=1S/C14H19NO3/c1-10(16)12-7-5-11(6-8-12)9-15-13(17)18-14(2,3)4/h5-8H,9H2,1-4H3,(H,15,17)/i9D2. The van der Waals surface area contributed by atoms with Gasteiger partial charge in [0.1, 0.15) is 5.60 Å². The van der Waals surface area contributed by atoms with Crippen LogP contribution in [-0.4, -0.2) is 17.5 Å². The van der Waals surface area contributed by atoms with E-state index >= 15 is 0 Å². The molecule has 4 heteroatoms. The second-order valence-corrected chi connectivity index (χ2v) is 4.89. The molecule has 0 saturated heterocycles. The van der Waals surface area contributed by atoms with Crippen LogP contribution in [0.2, 0.25) is 0 Å². The highest BCUT2D eigenvalue weighted by Gasteiger charge is 2.15. The van der Waals surface area contributed by atoms with E-state index in [0.717, 1.165) is 0 Å². The second kappa shape index (κ2) is 5.67. The maximum atomic E-state index is 11.6. The van der Waals surface area contributed by atoms with E-state index in [2.05, 4.69) is 5.32 Å². The molecule has 0 aromatic heterocycles. The summed E-state index contributed by atoms with van der Waals surface area (Å²) in [4.78, 5) is 22.8. The zero-order valence-electron chi connectivity index (χ0n) is 13.0.